The molecular weight excluding hydrogens is 324 g/mol. The zero-order chi connectivity index (χ0) is 17.0. The van der Waals surface area contributed by atoms with Crippen LogP contribution in [0, 0.1) is 6.92 Å². The molecule has 1 aromatic heterocycles. The highest BCUT2D eigenvalue weighted by molar-refractivity contribution is 7.10. The molecule has 5 nitrogen and oxygen atoms in total. The van der Waals surface area contributed by atoms with Crippen molar-refractivity contribution >= 4 is 22.4 Å². The van der Waals surface area contributed by atoms with E-state index in [1.54, 1.807) is 38.1 Å². The van der Waals surface area contributed by atoms with Gasteiger partial charge in [-0.05, 0) is 36.2 Å². The van der Waals surface area contributed by atoms with Gasteiger partial charge >= 0.3 is 6.61 Å². The van der Waals surface area contributed by atoms with Crippen LogP contribution in [0.3, 0.4) is 0 Å². The van der Waals surface area contributed by atoms with Crippen LogP contribution in [0.5, 0.6) is 5.75 Å². The van der Waals surface area contributed by atoms with Crippen molar-refractivity contribution in [2.75, 3.05) is 19.4 Å². The van der Waals surface area contributed by atoms with Crippen LogP contribution in [0.25, 0.3) is 0 Å². The van der Waals surface area contributed by atoms with E-state index in [2.05, 4.69) is 14.4 Å². The van der Waals surface area contributed by atoms with Crippen LogP contribution >= 0.6 is 11.5 Å². The topological polar surface area (TPSA) is 54.5 Å². The van der Waals surface area contributed by atoms with E-state index in [0.29, 0.717) is 17.8 Å². The number of aromatic nitrogens is 1. The Bertz CT molecular complexity index is 674. The van der Waals surface area contributed by atoms with Gasteiger partial charge in [0.05, 0.1) is 11.3 Å². The number of carbonyl (C=O) groups excluding carboxylic acids is 1. The van der Waals surface area contributed by atoms with Gasteiger partial charge in [0, 0.05) is 20.6 Å². The number of ether oxygens (including phenoxy) is 1. The first-order chi connectivity index (χ1) is 10.9. The van der Waals surface area contributed by atoms with Crippen molar-refractivity contribution in [3.05, 3.63) is 41.1 Å². The molecule has 0 fully saturated rings. The van der Waals surface area contributed by atoms with Crippen molar-refractivity contribution in [2.24, 2.45) is 0 Å². The largest absolute Gasteiger partial charge is 0.435 e. The number of anilines is 1. The smallest absolute Gasteiger partial charge is 0.387 e. The first kappa shape index (κ1) is 17.1. The van der Waals surface area contributed by atoms with Gasteiger partial charge in [-0.15, -0.1) is 0 Å². The van der Waals surface area contributed by atoms with Gasteiger partial charge in [-0.25, -0.2) is 0 Å². The molecule has 0 aliphatic carbocycles. The Hall–Kier alpha value is -2.22. The van der Waals surface area contributed by atoms with Gasteiger partial charge < -0.3 is 15.0 Å². The fraction of sp³-hybridized carbons (Fsp3) is 0.333. The zero-order valence-electron chi connectivity index (χ0n) is 13.0. The van der Waals surface area contributed by atoms with Crippen LogP contribution in [0.15, 0.2) is 24.3 Å². The van der Waals surface area contributed by atoms with E-state index >= 15 is 0 Å². The van der Waals surface area contributed by atoms with Crippen molar-refractivity contribution in [3.8, 4) is 5.75 Å². The summed E-state index contributed by atoms with van der Waals surface area (Å²) in [5.74, 6) is -0.0541. The van der Waals surface area contributed by atoms with Crippen LogP contribution in [0.4, 0.5) is 13.8 Å². The molecule has 0 aliphatic heterocycles. The normalized spacial score (nSPS) is 10.7. The maximum absolute atomic E-state index is 12.6. The molecule has 2 rings (SSSR count). The molecule has 124 valence electrons. The molecule has 1 aromatic carbocycles. The average molecular weight is 341 g/mol. The highest BCUT2D eigenvalue weighted by atomic mass is 32.1. The lowest BCUT2D eigenvalue weighted by molar-refractivity contribution is -0.0498. The average Bonchev–Trinajstić information content (AvgIpc) is 2.88. The number of hydrogen-bond acceptors (Lipinski definition) is 5. The van der Waals surface area contributed by atoms with E-state index in [1.807, 2.05) is 0 Å². The summed E-state index contributed by atoms with van der Waals surface area (Å²) in [6.07, 6.45) is 0. The maximum atomic E-state index is 12.6. The van der Waals surface area contributed by atoms with Crippen molar-refractivity contribution in [3.63, 3.8) is 0 Å². The second kappa shape index (κ2) is 7.36. The number of nitrogens with one attached hydrogen (secondary N) is 1. The summed E-state index contributed by atoms with van der Waals surface area (Å²) in [4.78, 5) is 14.1. The summed E-state index contributed by atoms with van der Waals surface area (Å²) >= 11 is 1.24. The predicted octanol–water partition coefficient (Wildman–Crippen LogP) is 3.37. The van der Waals surface area contributed by atoms with Crippen LogP contribution in [0.1, 0.15) is 21.6 Å². The number of carbonyl (C=O) groups is 1. The number of hydrogen-bond donors (Lipinski definition) is 1. The first-order valence-corrected chi connectivity index (χ1v) is 7.63. The molecule has 0 radical (unpaired) electrons. The highest BCUT2D eigenvalue weighted by Gasteiger charge is 2.21. The van der Waals surface area contributed by atoms with Gasteiger partial charge in [-0.3, -0.25) is 4.79 Å². The molecule has 0 unspecified atom stereocenters. The number of aryl methyl sites for hydroxylation is 1. The van der Waals surface area contributed by atoms with Crippen LogP contribution in [-0.4, -0.2) is 35.9 Å². The second-order valence-corrected chi connectivity index (χ2v) is 5.68. The second-order valence-electron chi connectivity index (χ2n) is 4.91. The number of alkyl halides is 2. The van der Waals surface area contributed by atoms with Gasteiger partial charge in [-0.1, -0.05) is 12.1 Å². The maximum Gasteiger partial charge on any atom is 0.387 e. The van der Waals surface area contributed by atoms with Crippen molar-refractivity contribution < 1.29 is 18.3 Å². The quantitative estimate of drug-likeness (QED) is 0.875. The van der Waals surface area contributed by atoms with Crippen LogP contribution in [-0.2, 0) is 6.54 Å². The summed E-state index contributed by atoms with van der Waals surface area (Å²) in [5, 5.41) is 3.68. The molecule has 2 aromatic rings. The Morgan fingerprint density at radius 3 is 2.61 bits per heavy atom. The van der Waals surface area contributed by atoms with E-state index in [1.165, 1.54) is 23.7 Å². The fourth-order valence-electron chi connectivity index (χ4n) is 2.11. The van der Waals surface area contributed by atoms with Gasteiger partial charge in [0.25, 0.3) is 5.91 Å². The molecule has 0 atom stereocenters. The lowest BCUT2D eigenvalue weighted by atomic mass is 10.1. The summed E-state index contributed by atoms with van der Waals surface area (Å²) in [7, 11) is 3.42. The molecule has 8 heteroatoms. The number of rotatable bonds is 6. The number of nitrogens with zero attached hydrogens (tertiary/aromatic N) is 2. The Kier molecular flexibility index (Phi) is 5.49. The zero-order valence-corrected chi connectivity index (χ0v) is 13.8. The standard InChI is InChI=1S/C15H17F2N3O2S/c1-9-12(13(18-2)23-19-9)14(21)20(3)8-10-4-6-11(7-5-10)22-15(16)17/h4-7,15,18H,8H2,1-3H3. The van der Waals surface area contributed by atoms with Crippen molar-refractivity contribution in [1.29, 1.82) is 0 Å². The minimum Gasteiger partial charge on any atom is -0.435 e. The Morgan fingerprint density at radius 2 is 2.04 bits per heavy atom. The summed E-state index contributed by atoms with van der Waals surface area (Å²) in [6, 6.07) is 6.21. The third-order valence-corrected chi connectivity index (χ3v) is 4.17. The molecule has 0 bridgehead atoms. The van der Waals surface area contributed by atoms with Gasteiger partial charge in [0.15, 0.2) is 0 Å². The molecule has 0 saturated carbocycles. The lowest BCUT2D eigenvalue weighted by Crippen LogP contribution is -2.27. The van der Waals surface area contributed by atoms with E-state index < -0.39 is 6.61 Å². The molecule has 1 N–H and O–H groups in total. The Labute approximate surface area is 137 Å². The highest BCUT2D eigenvalue weighted by Crippen LogP contribution is 2.25. The molecule has 23 heavy (non-hydrogen) atoms. The minimum atomic E-state index is -2.85. The SMILES string of the molecule is CNc1snc(C)c1C(=O)N(C)Cc1ccc(OC(F)F)cc1. The van der Waals surface area contributed by atoms with E-state index in [0.717, 1.165) is 10.6 Å². The third kappa shape index (κ3) is 4.16. The van der Waals surface area contributed by atoms with Crippen molar-refractivity contribution in [2.45, 2.75) is 20.1 Å². The minimum absolute atomic E-state index is 0.0908. The first-order valence-electron chi connectivity index (χ1n) is 6.85. The monoisotopic (exact) mass is 341 g/mol. The Balaban J connectivity index is 2.07. The van der Waals surface area contributed by atoms with Crippen LogP contribution in [0.2, 0.25) is 0 Å². The fourth-order valence-corrected chi connectivity index (χ4v) is 2.84. The number of amides is 1. The third-order valence-electron chi connectivity index (χ3n) is 3.22. The molecule has 0 spiro atoms. The van der Waals surface area contributed by atoms with Gasteiger partial charge in [-0.2, -0.15) is 13.2 Å². The summed E-state index contributed by atoms with van der Waals surface area (Å²) in [6.45, 7) is -0.708. The van der Waals surface area contributed by atoms with E-state index in [-0.39, 0.29) is 11.7 Å². The molecule has 0 saturated heterocycles. The van der Waals surface area contributed by atoms with E-state index in [9.17, 15) is 13.6 Å². The van der Waals surface area contributed by atoms with Crippen LogP contribution < -0.4 is 10.1 Å². The number of halogens is 2. The number of benzene rings is 1. The summed E-state index contributed by atoms with van der Waals surface area (Å²) < 4.78 is 32.7. The molecule has 0 aliphatic rings. The molecule has 1 amide bonds. The Morgan fingerprint density at radius 1 is 1.39 bits per heavy atom. The van der Waals surface area contributed by atoms with E-state index in [4.69, 9.17) is 0 Å². The predicted molar refractivity (Wildman–Crippen MR) is 85.3 cm³/mol. The lowest BCUT2D eigenvalue weighted by Gasteiger charge is -2.18. The van der Waals surface area contributed by atoms with Gasteiger partial charge in [0.1, 0.15) is 10.8 Å². The van der Waals surface area contributed by atoms with Crippen molar-refractivity contribution in [1.82, 2.24) is 9.27 Å². The van der Waals surface area contributed by atoms with Gasteiger partial charge in [0.2, 0.25) is 0 Å². The summed E-state index contributed by atoms with van der Waals surface area (Å²) in [5.41, 5.74) is 2.05. The molecular formula is C15H17F2N3O2S. The molecule has 1 heterocycles.